The predicted octanol–water partition coefficient (Wildman–Crippen LogP) is 3.78. The molecule has 1 fully saturated rings. The number of rotatable bonds is 5. The third-order valence-corrected chi connectivity index (χ3v) is 5.35. The van der Waals surface area contributed by atoms with Gasteiger partial charge >= 0.3 is 0 Å². The maximum atomic E-state index is 11.5. The van der Waals surface area contributed by atoms with Crippen molar-refractivity contribution in [2.75, 3.05) is 25.6 Å². The summed E-state index contributed by atoms with van der Waals surface area (Å²) in [6.07, 6.45) is 5.22. The lowest BCUT2D eigenvalue weighted by Gasteiger charge is -2.28. The van der Waals surface area contributed by atoms with Crippen LogP contribution in [-0.4, -0.2) is 36.4 Å². The number of thioether (sulfide) groups is 1. The molecule has 0 spiro atoms. The van der Waals surface area contributed by atoms with E-state index in [1.807, 2.05) is 14.1 Å². The van der Waals surface area contributed by atoms with Crippen molar-refractivity contribution in [1.29, 1.82) is 0 Å². The number of hydrogen-bond acceptors (Lipinski definition) is 2. The Labute approximate surface area is 126 Å². The summed E-state index contributed by atoms with van der Waals surface area (Å²) in [5.74, 6) is 3.55. The van der Waals surface area contributed by atoms with Gasteiger partial charge in [0.2, 0.25) is 5.91 Å². The van der Waals surface area contributed by atoms with Crippen molar-refractivity contribution in [1.82, 2.24) is 4.90 Å². The van der Waals surface area contributed by atoms with Gasteiger partial charge < -0.3 is 4.90 Å². The Hall–Kier alpha value is -0.960. The van der Waals surface area contributed by atoms with Gasteiger partial charge in [-0.2, -0.15) is 11.8 Å². The van der Waals surface area contributed by atoms with Crippen molar-refractivity contribution < 1.29 is 4.79 Å². The van der Waals surface area contributed by atoms with Gasteiger partial charge in [0, 0.05) is 14.1 Å². The van der Waals surface area contributed by atoms with Crippen LogP contribution >= 0.6 is 11.8 Å². The molecule has 0 saturated heterocycles. The molecule has 0 N–H and O–H groups in total. The van der Waals surface area contributed by atoms with Crippen LogP contribution in [0.1, 0.15) is 37.2 Å². The lowest BCUT2D eigenvalue weighted by atomic mass is 9.79. The fourth-order valence-corrected chi connectivity index (χ4v) is 4.05. The molecule has 0 unspecified atom stereocenters. The lowest BCUT2D eigenvalue weighted by Crippen LogP contribution is -2.24. The minimum Gasteiger partial charge on any atom is -0.348 e. The average molecular weight is 291 g/mol. The van der Waals surface area contributed by atoms with Crippen LogP contribution in [0.5, 0.6) is 0 Å². The van der Waals surface area contributed by atoms with Gasteiger partial charge in [-0.25, -0.2) is 0 Å². The Morgan fingerprint density at radius 1 is 1.15 bits per heavy atom. The molecule has 0 bridgehead atoms. The molecule has 0 aromatic heterocycles. The van der Waals surface area contributed by atoms with Crippen LogP contribution in [0.2, 0.25) is 0 Å². The molecule has 110 valence electrons. The first kappa shape index (κ1) is 15.4. The second-order valence-corrected chi connectivity index (χ2v) is 6.96. The van der Waals surface area contributed by atoms with Crippen LogP contribution in [0.25, 0.3) is 0 Å². The summed E-state index contributed by atoms with van der Waals surface area (Å²) in [5.41, 5.74) is 1.50. The topological polar surface area (TPSA) is 20.3 Å². The standard InChI is InChI=1S/C17H25NOS/c1-18(2)17(19)13-20-12-14-8-10-16(11-9-14)15-6-4-3-5-7-15/h3-7,14,16H,8-13H2,1-2H3. The summed E-state index contributed by atoms with van der Waals surface area (Å²) in [4.78, 5) is 13.2. The van der Waals surface area contributed by atoms with Crippen LogP contribution in [0.3, 0.4) is 0 Å². The molecule has 1 aliphatic carbocycles. The summed E-state index contributed by atoms with van der Waals surface area (Å²) in [7, 11) is 3.65. The van der Waals surface area contributed by atoms with E-state index < -0.39 is 0 Å². The first-order valence-corrected chi connectivity index (χ1v) is 8.65. The van der Waals surface area contributed by atoms with Gasteiger partial charge in [-0.15, -0.1) is 0 Å². The quantitative estimate of drug-likeness (QED) is 0.823. The summed E-state index contributed by atoms with van der Waals surface area (Å²) >= 11 is 1.80. The minimum atomic E-state index is 0.230. The van der Waals surface area contributed by atoms with E-state index in [1.165, 1.54) is 31.2 Å². The van der Waals surface area contributed by atoms with E-state index in [1.54, 1.807) is 16.7 Å². The van der Waals surface area contributed by atoms with Gasteiger partial charge in [-0.05, 0) is 48.8 Å². The average Bonchev–Trinajstić information content (AvgIpc) is 2.48. The number of nitrogens with zero attached hydrogens (tertiary/aromatic N) is 1. The fraction of sp³-hybridized carbons (Fsp3) is 0.588. The molecule has 0 atom stereocenters. The Bertz CT molecular complexity index is 410. The maximum Gasteiger partial charge on any atom is 0.232 e. The molecule has 1 aromatic carbocycles. The van der Waals surface area contributed by atoms with Crippen molar-refractivity contribution in [2.45, 2.75) is 31.6 Å². The third kappa shape index (κ3) is 4.55. The second-order valence-electron chi connectivity index (χ2n) is 5.93. The van der Waals surface area contributed by atoms with E-state index in [4.69, 9.17) is 0 Å². The van der Waals surface area contributed by atoms with E-state index in [0.717, 1.165) is 17.6 Å². The smallest absolute Gasteiger partial charge is 0.232 e. The molecule has 20 heavy (non-hydrogen) atoms. The van der Waals surface area contributed by atoms with Crippen molar-refractivity contribution in [3.05, 3.63) is 35.9 Å². The van der Waals surface area contributed by atoms with E-state index >= 15 is 0 Å². The highest BCUT2D eigenvalue weighted by Gasteiger charge is 2.22. The molecular weight excluding hydrogens is 266 g/mol. The monoisotopic (exact) mass is 291 g/mol. The van der Waals surface area contributed by atoms with Gasteiger partial charge in [0.1, 0.15) is 0 Å². The summed E-state index contributed by atoms with van der Waals surface area (Å²) in [6.45, 7) is 0. The molecule has 1 saturated carbocycles. The van der Waals surface area contributed by atoms with Crippen molar-refractivity contribution in [2.24, 2.45) is 5.92 Å². The van der Waals surface area contributed by atoms with E-state index in [-0.39, 0.29) is 5.91 Å². The Balaban J connectivity index is 1.68. The molecule has 0 heterocycles. The van der Waals surface area contributed by atoms with E-state index in [0.29, 0.717) is 5.75 Å². The summed E-state index contributed by atoms with van der Waals surface area (Å²) < 4.78 is 0. The Kier molecular flexibility index (Phi) is 5.96. The molecule has 2 nitrogen and oxygen atoms in total. The Morgan fingerprint density at radius 3 is 2.40 bits per heavy atom. The first-order valence-electron chi connectivity index (χ1n) is 7.49. The number of carbonyl (C=O) groups is 1. The zero-order valence-electron chi connectivity index (χ0n) is 12.5. The molecular formula is C17H25NOS. The number of hydrogen-bond donors (Lipinski definition) is 0. The van der Waals surface area contributed by atoms with Gasteiger partial charge in [0.05, 0.1) is 5.75 Å². The van der Waals surface area contributed by atoms with Crippen LogP contribution in [0.4, 0.5) is 0 Å². The fourth-order valence-electron chi connectivity index (χ4n) is 2.83. The van der Waals surface area contributed by atoms with Crippen LogP contribution in [-0.2, 0) is 4.79 Å². The molecule has 2 rings (SSSR count). The zero-order valence-corrected chi connectivity index (χ0v) is 13.4. The maximum absolute atomic E-state index is 11.5. The number of carbonyl (C=O) groups excluding carboxylic acids is 1. The zero-order chi connectivity index (χ0) is 14.4. The predicted molar refractivity (Wildman–Crippen MR) is 87.2 cm³/mol. The molecule has 1 amide bonds. The lowest BCUT2D eigenvalue weighted by molar-refractivity contribution is -0.125. The molecule has 1 aromatic rings. The van der Waals surface area contributed by atoms with Crippen LogP contribution in [0, 0.1) is 5.92 Å². The SMILES string of the molecule is CN(C)C(=O)CSCC1CCC(c2ccccc2)CC1. The molecule has 0 aliphatic heterocycles. The molecule has 3 heteroatoms. The van der Waals surface area contributed by atoms with Crippen molar-refractivity contribution in [3.8, 4) is 0 Å². The first-order chi connectivity index (χ1) is 9.66. The van der Waals surface area contributed by atoms with Gasteiger partial charge in [-0.3, -0.25) is 4.79 Å². The number of amides is 1. The Morgan fingerprint density at radius 2 is 1.80 bits per heavy atom. The van der Waals surface area contributed by atoms with E-state index in [2.05, 4.69) is 30.3 Å². The minimum absolute atomic E-state index is 0.230. The van der Waals surface area contributed by atoms with Crippen molar-refractivity contribution >= 4 is 17.7 Å². The third-order valence-electron chi connectivity index (χ3n) is 4.20. The normalized spacial score (nSPS) is 22.5. The van der Waals surface area contributed by atoms with Crippen LogP contribution < -0.4 is 0 Å². The summed E-state index contributed by atoms with van der Waals surface area (Å²) in [6, 6.07) is 10.9. The highest BCUT2D eigenvalue weighted by atomic mass is 32.2. The number of benzene rings is 1. The van der Waals surface area contributed by atoms with Crippen LogP contribution in [0.15, 0.2) is 30.3 Å². The van der Waals surface area contributed by atoms with E-state index in [9.17, 15) is 4.79 Å². The highest BCUT2D eigenvalue weighted by molar-refractivity contribution is 7.99. The van der Waals surface area contributed by atoms with Crippen molar-refractivity contribution in [3.63, 3.8) is 0 Å². The largest absolute Gasteiger partial charge is 0.348 e. The molecule has 1 aliphatic rings. The highest BCUT2D eigenvalue weighted by Crippen LogP contribution is 2.36. The second kappa shape index (κ2) is 7.72. The summed E-state index contributed by atoms with van der Waals surface area (Å²) in [5, 5.41) is 0. The van der Waals surface area contributed by atoms with Gasteiger partial charge in [0.15, 0.2) is 0 Å². The van der Waals surface area contributed by atoms with Gasteiger partial charge in [0.25, 0.3) is 0 Å². The molecule has 0 radical (unpaired) electrons. The van der Waals surface area contributed by atoms with Gasteiger partial charge in [-0.1, -0.05) is 30.3 Å².